The van der Waals surface area contributed by atoms with Crippen LogP contribution >= 0.6 is 0 Å². The van der Waals surface area contributed by atoms with Gasteiger partial charge in [-0.3, -0.25) is 4.99 Å². The van der Waals surface area contributed by atoms with E-state index in [1.807, 2.05) is 0 Å². The van der Waals surface area contributed by atoms with Gasteiger partial charge in [-0.1, -0.05) is 146 Å². The number of aliphatic imine (C=N–C) groups is 1. The van der Waals surface area contributed by atoms with Crippen molar-refractivity contribution in [2.24, 2.45) is 10.9 Å². The van der Waals surface area contributed by atoms with E-state index in [4.69, 9.17) is 9.41 Å². The maximum atomic E-state index is 6.79. The van der Waals surface area contributed by atoms with Crippen molar-refractivity contribution in [2.45, 2.75) is 19.3 Å². The van der Waals surface area contributed by atoms with Crippen LogP contribution in [-0.4, -0.2) is 14.8 Å². The van der Waals surface area contributed by atoms with Crippen LogP contribution in [0, 0.1) is 5.92 Å². The van der Waals surface area contributed by atoms with Gasteiger partial charge in [0.2, 0.25) is 0 Å². The summed E-state index contributed by atoms with van der Waals surface area (Å²) in [7, 11) is 0. The summed E-state index contributed by atoms with van der Waals surface area (Å²) < 4.78 is 11.6. The summed E-state index contributed by atoms with van der Waals surface area (Å²) in [6, 6.07) is 72.5. The molecule has 1 aliphatic heterocycles. The lowest BCUT2D eigenvalue weighted by Crippen LogP contribution is -2.19. The Morgan fingerprint density at radius 2 is 1.08 bits per heavy atom. The lowest BCUT2D eigenvalue weighted by molar-refractivity contribution is 0.586. The zero-order valence-corrected chi connectivity index (χ0v) is 34.7. The second-order valence-electron chi connectivity index (χ2n) is 17.1. The normalized spacial score (nSPS) is 15.8. The summed E-state index contributed by atoms with van der Waals surface area (Å²) in [5.41, 5.74) is 14.3. The number of nitrogens with zero attached hydrogens (tertiary/aromatic N) is 3. The molecule has 298 valence electrons. The van der Waals surface area contributed by atoms with Gasteiger partial charge < -0.3 is 13.6 Å². The molecule has 9 aromatic carbocycles. The second kappa shape index (κ2) is 14.1. The number of benzene rings is 9. The monoisotopic (exact) mass is 807 g/mol. The minimum atomic E-state index is 0.117. The topological polar surface area (TPSA) is 35.4 Å². The number of aromatic nitrogens is 2. The van der Waals surface area contributed by atoms with Gasteiger partial charge in [0.1, 0.15) is 11.2 Å². The van der Waals surface area contributed by atoms with Gasteiger partial charge in [-0.25, -0.2) is 0 Å². The molecule has 3 aromatic heterocycles. The van der Waals surface area contributed by atoms with Crippen LogP contribution in [0.5, 0.6) is 0 Å². The van der Waals surface area contributed by atoms with Crippen LogP contribution in [0.4, 0.5) is 0 Å². The first-order chi connectivity index (χ1) is 31.2. The third-order valence-electron chi connectivity index (χ3n) is 13.6. The summed E-state index contributed by atoms with van der Waals surface area (Å²) in [5.74, 6) is 0.293. The molecule has 2 unspecified atom stereocenters. The van der Waals surface area contributed by atoms with Gasteiger partial charge in [-0.15, -0.1) is 0 Å². The van der Waals surface area contributed by atoms with E-state index in [0.717, 1.165) is 67.6 Å². The van der Waals surface area contributed by atoms with E-state index >= 15 is 0 Å². The molecule has 2 atom stereocenters. The predicted molar refractivity (Wildman–Crippen MR) is 264 cm³/mol. The summed E-state index contributed by atoms with van der Waals surface area (Å²) in [4.78, 5) is 5.78. The fourth-order valence-corrected chi connectivity index (χ4v) is 10.6. The highest BCUT2D eigenvalue weighted by molar-refractivity contribution is 6.16. The first-order valence-corrected chi connectivity index (χ1v) is 22.0. The molecular weight excluding hydrogens is 767 g/mol. The summed E-state index contributed by atoms with van der Waals surface area (Å²) in [5, 5.41) is 9.61. The minimum absolute atomic E-state index is 0.117. The molecule has 0 saturated carbocycles. The number of rotatable bonds is 5. The van der Waals surface area contributed by atoms with E-state index in [1.54, 1.807) is 0 Å². The highest BCUT2D eigenvalue weighted by Crippen LogP contribution is 2.44. The highest BCUT2D eigenvalue weighted by Gasteiger charge is 2.29. The largest absolute Gasteiger partial charge is 0.456 e. The molecular formula is C59H41N3O. The van der Waals surface area contributed by atoms with Gasteiger partial charge in [0.15, 0.2) is 0 Å². The molecule has 0 radical (unpaired) electrons. The minimum Gasteiger partial charge on any atom is -0.456 e. The highest BCUT2D eigenvalue weighted by atomic mass is 16.3. The second-order valence-corrected chi connectivity index (χ2v) is 17.1. The molecule has 13 rings (SSSR count). The van der Waals surface area contributed by atoms with Crippen LogP contribution in [0.25, 0.3) is 93.4 Å². The van der Waals surface area contributed by atoms with E-state index in [9.17, 15) is 0 Å². The van der Waals surface area contributed by atoms with Crippen LogP contribution in [-0.2, 0) is 0 Å². The molecule has 0 N–H and O–H groups in total. The smallest absolute Gasteiger partial charge is 0.138 e. The Labute approximate surface area is 364 Å². The van der Waals surface area contributed by atoms with Gasteiger partial charge in [0, 0.05) is 55.6 Å². The molecule has 0 saturated heterocycles. The summed E-state index contributed by atoms with van der Waals surface area (Å²) in [6.07, 6.45) is 3.22. The van der Waals surface area contributed by atoms with Crippen LogP contribution in [0.1, 0.15) is 36.0 Å². The van der Waals surface area contributed by atoms with Crippen LogP contribution in [0.3, 0.4) is 0 Å². The molecule has 1 aliphatic rings. The van der Waals surface area contributed by atoms with Gasteiger partial charge in [0.05, 0.1) is 39.2 Å². The molecule has 0 amide bonds. The van der Waals surface area contributed by atoms with Gasteiger partial charge >= 0.3 is 0 Å². The zero-order chi connectivity index (χ0) is 41.6. The van der Waals surface area contributed by atoms with E-state index in [2.05, 4.69) is 222 Å². The molecule has 12 aromatic rings. The Morgan fingerprint density at radius 1 is 0.476 bits per heavy atom. The molecule has 0 aliphatic carbocycles. The maximum absolute atomic E-state index is 6.79. The van der Waals surface area contributed by atoms with Crippen molar-refractivity contribution in [3.8, 4) is 11.4 Å². The third-order valence-corrected chi connectivity index (χ3v) is 13.6. The Kier molecular flexibility index (Phi) is 7.98. The standard InChI is InChI=1S/C59H41N3O/c1-37-44(41-28-31-54-48(33-41)45-22-10-13-25-52(45)61(54)42-20-6-3-7-21-42)29-30-51(60-59(37)38-16-4-2-5-17-38)50-35-43(36-57-58(50)47-24-12-15-27-56(47)63-57)62-53-26-14-11-23-46(53)49-32-39-18-8-9-19-40(39)34-55(49)62/h2-28,30-37,44H,29H2,1H3. The average Bonchev–Trinajstić information content (AvgIpc) is 3.95. The van der Waals surface area contributed by atoms with E-state index in [-0.39, 0.29) is 11.8 Å². The Balaban J connectivity index is 1.04. The fourth-order valence-electron chi connectivity index (χ4n) is 10.6. The fraction of sp³-hybridized carbons (Fsp3) is 0.0678. The Bertz CT molecular complexity index is 3840. The Morgan fingerprint density at radius 3 is 1.84 bits per heavy atom. The average molecular weight is 808 g/mol. The summed E-state index contributed by atoms with van der Waals surface area (Å²) in [6.45, 7) is 2.37. The number of para-hydroxylation sites is 4. The van der Waals surface area contributed by atoms with Crippen LogP contribution < -0.4 is 0 Å². The Hall–Kier alpha value is -7.95. The molecule has 0 bridgehead atoms. The first-order valence-electron chi connectivity index (χ1n) is 22.0. The number of allylic oxidation sites excluding steroid dienone is 1. The van der Waals surface area contributed by atoms with Crippen molar-refractivity contribution in [3.63, 3.8) is 0 Å². The predicted octanol–water partition coefficient (Wildman–Crippen LogP) is 15.6. The van der Waals surface area contributed by atoms with E-state index < -0.39 is 0 Å². The lowest BCUT2D eigenvalue weighted by Gasteiger charge is -2.24. The molecule has 4 heteroatoms. The zero-order valence-electron chi connectivity index (χ0n) is 34.7. The van der Waals surface area contributed by atoms with E-state index in [0.29, 0.717) is 0 Å². The number of hydrogen-bond donors (Lipinski definition) is 0. The molecule has 0 fully saturated rings. The number of furan rings is 1. The van der Waals surface area contributed by atoms with Crippen molar-refractivity contribution < 1.29 is 4.42 Å². The molecule has 0 spiro atoms. The number of fused-ring (bicyclic) bond motifs is 10. The van der Waals surface area contributed by atoms with Gasteiger partial charge in [-0.2, -0.15) is 0 Å². The van der Waals surface area contributed by atoms with Crippen LogP contribution in [0.15, 0.2) is 216 Å². The quantitative estimate of drug-likeness (QED) is 0.171. The first kappa shape index (κ1) is 35.8. The molecule has 4 heterocycles. The van der Waals surface area contributed by atoms with Crippen molar-refractivity contribution in [2.75, 3.05) is 0 Å². The van der Waals surface area contributed by atoms with Crippen LogP contribution in [0.2, 0.25) is 0 Å². The SMILES string of the molecule is CC1C(c2ccccc2)=NC(c2cc(-n3c4ccccc4c4cc5ccccc5cc43)cc3oc4ccccc4c23)=CCC1c1ccc2c(c1)c1ccccc1n2-c1ccccc1. The van der Waals surface area contributed by atoms with Crippen molar-refractivity contribution in [1.29, 1.82) is 0 Å². The third kappa shape index (κ3) is 5.58. The lowest BCUT2D eigenvalue weighted by atomic mass is 9.80. The van der Waals surface area contributed by atoms with Crippen molar-refractivity contribution in [1.82, 2.24) is 9.13 Å². The molecule has 4 nitrogen and oxygen atoms in total. The summed E-state index contributed by atoms with van der Waals surface area (Å²) >= 11 is 0. The maximum Gasteiger partial charge on any atom is 0.138 e. The number of hydrogen-bond acceptors (Lipinski definition) is 2. The van der Waals surface area contributed by atoms with Gasteiger partial charge in [-0.05, 0) is 94.9 Å². The molecule has 63 heavy (non-hydrogen) atoms. The van der Waals surface area contributed by atoms with Gasteiger partial charge in [0.25, 0.3) is 0 Å². The van der Waals surface area contributed by atoms with Crippen molar-refractivity contribution >= 4 is 87.7 Å². The van der Waals surface area contributed by atoms with Crippen molar-refractivity contribution in [3.05, 3.63) is 223 Å². The van der Waals surface area contributed by atoms with E-state index in [1.165, 1.54) is 54.6 Å².